The van der Waals surface area contributed by atoms with Crippen molar-refractivity contribution >= 4 is 39.3 Å². The number of amides is 3. The van der Waals surface area contributed by atoms with Crippen molar-refractivity contribution in [2.75, 3.05) is 5.75 Å². The Labute approximate surface area is 124 Å². The lowest BCUT2D eigenvalue weighted by molar-refractivity contribution is -0.147. The molecule has 20 heavy (non-hydrogen) atoms. The van der Waals surface area contributed by atoms with Crippen LogP contribution in [0.1, 0.15) is 19.3 Å². The van der Waals surface area contributed by atoms with Crippen LogP contribution in [0.4, 0.5) is 0 Å². The second kappa shape index (κ2) is 7.30. The van der Waals surface area contributed by atoms with Crippen molar-refractivity contribution in [2.24, 2.45) is 0 Å². The highest BCUT2D eigenvalue weighted by molar-refractivity contribution is 8.76. The molecule has 1 aromatic rings. The van der Waals surface area contributed by atoms with E-state index < -0.39 is 0 Å². The molecule has 0 spiro atoms. The van der Waals surface area contributed by atoms with E-state index in [4.69, 9.17) is 0 Å². The number of hydrazine groups is 1. The molecule has 0 atom stereocenters. The van der Waals surface area contributed by atoms with Gasteiger partial charge in [-0.25, -0.2) is 4.98 Å². The van der Waals surface area contributed by atoms with E-state index in [0.29, 0.717) is 5.75 Å². The van der Waals surface area contributed by atoms with Crippen LogP contribution in [-0.4, -0.2) is 33.5 Å². The number of nitrogens with one attached hydrogen (secondary N) is 1. The number of pyridine rings is 1. The lowest BCUT2D eigenvalue weighted by Crippen LogP contribution is -2.45. The van der Waals surface area contributed by atoms with Crippen LogP contribution < -0.4 is 5.43 Å². The van der Waals surface area contributed by atoms with Gasteiger partial charge in [-0.1, -0.05) is 16.9 Å². The molecule has 6 nitrogen and oxygen atoms in total. The maximum Gasteiger partial charge on any atom is 0.248 e. The van der Waals surface area contributed by atoms with Gasteiger partial charge in [0.2, 0.25) is 17.7 Å². The Bertz CT molecular complexity index is 494. The summed E-state index contributed by atoms with van der Waals surface area (Å²) in [6, 6.07) is 5.62. The maximum absolute atomic E-state index is 11.6. The highest BCUT2D eigenvalue weighted by Gasteiger charge is 2.30. The molecule has 1 N–H and O–H groups in total. The van der Waals surface area contributed by atoms with E-state index in [1.165, 1.54) is 21.6 Å². The van der Waals surface area contributed by atoms with E-state index in [2.05, 4.69) is 10.4 Å². The molecular weight excluding hydrogens is 298 g/mol. The number of carbonyl (C=O) groups excluding carboxylic acids is 3. The van der Waals surface area contributed by atoms with E-state index in [-0.39, 0.29) is 37.0 Å². The fourth-order valence-electron chi connectivity index (χ4n) is 1.51. The average Bonchev–Trinajstić information content (AvgIpc) is 2.77. The van der Waals surface area contributed by atoms with Gasteiger partial charge in [0.25, 0.3) is 0 Å². The molecule has 1 aliphatic heterocycles. The first-order chi connectivity index (χ1) is 9.66. The van der Waals surface area contributed by atoms with Gasteiger partial charge < -0.3 is 0 Å². The van der Waals surface area contributed by atoms with Gasteiger partial charge in [0.05, 0.1) is 0 Å². The molecule has 0 bridgehead atoms. The van der Waals surface area contributed by atoms with Gasteiger partial charge in [-0.2, -0.15) is 5.01 Å². The van der Waals surface area contributed by atoms with Gasteiger partial charge in [0.1, 0.15) is 5.03 Å². The highest BCUT2D eigenvalue weighted by atomic mass is 33.1. The molecule has 0 radical (unpaired) electrons. The zero-order valence-corrected chi connectivity index (χ0v) is 12.2. The van der Waals surface area contributed by atoms with Crippen molar-refractivity contribution in [2.45, 2.75) is 24.3 Å². The van der Waals surface area contributed by atoms with E-state index in [1.54, 1.807) is 6.20 Å². The number of carbonyl (C=O) groups is 3. The topological polar surface area (TPSA) is 79.4 Å². The van der Waals surface area contributed by atoms with E-state index in [0.717, 1.165) is 10.0 Å². The molecule has 106 valence electrons. The molecular formula is C12H13N3O3S2. The van der Waals surface area contributed by atoms with Crippen LogP contribution >= 0.6 is 21.6 Å². The number of hydrogen-bond donors (Lipinski definition) is 1. The third-order valence-electron chi connectivity index (χ3n) is 2.48. The summed E-state index contributed by atoms with van der Waals surface area (Å²) in [6.07, 6.45) is 2.29. The van der Waals surface area contributed by atoms with Gasteiger partial charge in [-0.3, -0.25) is 19.8 Å². The smallest absolute Gasteiger partial charge is 0.248 e. The first-order valence-corrected chi connectivity index (χ1v) is 8.34. The van der Waals surface area contributed by atoms with Gasteiger partial charge in [-0.15, -0.1) is 0 Å². The predicted octanol–water partition coefficient (Wildman–Crippen LogP) is 1.39. The van der Waals surface area contributed by atoms with Crippen LogP contribution in [0.2, 0.25) is 0 Å². The van der Waals surface area contributed by atoms with Gasteiger partial charge in [0, 0.05) is 31.2 Å². The minimum atomic E-state index is -0.348. The lowest BCUT2D eigenvalue weighted by Gasteiger charge is -2.14. The lowest BCUT2D eigenvalue weighted by atomic mass is 10.4. The molecule has 0 unspecified atom stereocenters. The van der Waals surface area contributed by atoms with Crippen LogP contribution in [0.3, 0.4) is 0 Å². The van der Waals surface area contributed by atoms with Crippen molar-refractivity contribution in [3.8, 4) is 0 Å². The number of imide groups is 1. The van der Waals surface area contributed by atoms with Crippen molar-refractivity contribution in [3.05, 3.63) is 24.4 Å². The Morgan fingerprint density at radius 1 is 1.30 bits per heavy atom. The van der Waals surface area contributed by atoms with Gasteiger partial charge in [-0.05, 0) is 22.9 Å². The fourth-order valence-corrected chi connectivity index (χ4v) is 3.38. The van der Waals surface area contributed by atoms with Crippen molar-refractivity contribution in [1.82, 2.24) is 15.4 Å². The quantitative estimate of drug-likeness (QED) is 0.486. The number of rotatable bonds is 6. The molecule has 2 heterocycles. The minimum absolute atomic E-state index is 0.170. The van der Waals surface area contributed by atoms with Crippen LogP contribution in [0.5, 0.6) is 0 Å². The van der Waals surface area contributed by atoms with Crippen LogP contribution in [0.15, 0.2) is 29.4 Å². The highest BCUT2D eigenvalue weighted by Crippen LogP contribution is 2.29. The van der Waals surface area contributed by atoms with E-state index in [9.17, 15) is 14.4 Å². The SMILES string of the molecule is O=C(CCSSc1ccccn1)NN1C(=O)CCC1=O. The zero-order valence-electron chi connectivity index (χ0n) is 10.6. The van der Waals surface area contributed by atoms with Crippen molar-refractivity contribution < 1.29 is 14.4 Å². The third kappa shape index (κ3) is 4.24. The summed E-state index contributed by atoms with van der Waals surface area (Å²) in [5.41, 5.74) is 2.33. The van der Waals surface area contributed by atoms with Crippen LogP contribution in [0.25, 0.3) is 0 Å². The molecule has 3 amide bonds. The van der Waals surface area contributed by atoms with E-state index >= 15 is 0 Å². The first kappa shape index (κ1) is 14.9. The second-order valence-corrected chi connectivity index (χ2v) is 6.42. The summed E-state index contributed by atoms with van der Waals surface area (Å²) in [4.78, 5) is 38.4. The maximum atomic E-state index is 11.6. The summed E-state index contributed by atoms with van der Waals surface area (Å²) < 4.78 is 0. The molecule has 0 aliphatic carbocycles. The molecule has 1 aliphatic rings. The normalized spacial score (nSPS) is 14.7. The summed E-state index contributed by atoms with van der Waals surface area (Å²) in [5.74, 6) is -0.455. The Morgan fingerprint density at radius 2 is 2.05 bits per heavy atom. The number of aromatic nitrogens is 1. The predicted molar refractivity (Wildman–Crippen MR) is 76.4 cm³/mol. The van der Waals surface area contributed by atoms with Gasteiger partial charge >= 0.3 is 0 Å². The molecule has 1 fully saturated rings. The van der Waals surface area contributed by atoms with Crippen LogP contribution in [0, 0.1) is 0 Å². The monoisotopic (exact) mass is 311 g/mol. The van der Waals surface area contributed by atoms with E-state index in [1.807, 2.05) is 18.2 Å². The second-order valence-electron chi connectivity index (χ2n) is 3.98. The molecule has 1 saturated heterocycles. The molecule has 8 heteroatoms. The Morgan fingerprint density at radius 3 is 2.70 bits per heavy atom. The first-order valence-electron chi connectivity index (χ1n) is 6.02. The number of hydrogen-bond acceptors (Lipinski definition) is 6. The summed E-state index contributed by atoms with van der Waals surface area (Å²) in [6.45, 7) is 0. The average molecular weight is 311 g/mol. The number of nitrogens with zero attached hydrogens (tertiary/aromatic N) is 2. The molecule has 0 aromatic carbocycles. The van der Waals surface area contributed by atoms with Crippen molar-refractivity contribution in [1.29, 1.82) is 0 Å². The van der Waals surface area contributed by atoms with Crippen LogP contribution in [-0.2, 0) is 14.4 Å². The Hall–Kier alpha value is -1.54. The fraction of sp³-hybridized carbons (Fsp3) is 0.333. The largest absolute Gasteiger partial charge is 0.273 e. The minimum Gasteiger partial charge on any atom is -0.273 e. The Kier molecular flexibility index (Phi) is 5.42. The molecule has 0 saturated carbocycles. The molecule has 1 aromatic heterocycles. The summed E-state index contributed by atoms with van der Waals surface area (Å²) in [5, 5.41) is 1.70. The van der Waals surface area contributed by atoms with Crippen molar-refractivity contribution in [3.63, 3.8) is 0 Å². The standard InChI is InChI=1S/C12H13N3O3S2/c16-9(14-15-11(17)4-5-12(15)18)6-8-19-20-10-3-1-2-7-13-10/h1-3,7H,4-6,8H2,(H,14,16). The third-order valence-corrected chi connectivity index (χ3v) is 4.75. The summed E-state index contributed by atoms with van der Waals surface area (Å²) >= 11 is 0. The zero-order chi connectivity index (χ0) is 14.4. The summed E-state index contributed by atoms with van der Waals surface area (Å²) in [7, 11) is 2.98. The molecule has 2 rings (SSSR count). The Balaban J connectivity index is 1.65. The van der Waals surface area contributed by atoms with Gasteiger partial charge in [0.15, 0.2) is 0 Å².